The first-order valence-electron chi connectivity index (χ1n) is 8.82. The van der Waals surface area contributed by atoms with Crippen LogP contribution in [0, 0.1) is 0 Å². The molecule has 198 valence electrons. The molecular formula is C17H17F13O3Si. The number of alkyl halides is 13. The summed E-state index contributed by atoms with van der Waals surface area (Å²) in [5.41, 5.74) is -1.94. The molecular weight excluding hydrogens is 527 g/mol. The van der Waals surface area contributed by atoms with Crippen molar-refractivity contribution in [2.45, 2.75) is 48.3 Å². The Morgan fingerprint density at radius 2 is 0.971 bits per heavy atom. The summed E-state index contributed by atoms with van der Waals surface area (Å²) < 4.78 is 187. The molecule has 0 fully saturated rings. The third-order valence-electron chi connectivity index (χ3n) is 4.90. The highest BCUT2D eigenvalue weighted by atomic mass is 28.4. The van der Waals surface area contributed by atoms with Gasteiger partial charge in [-0.2, -0.15) is 57.1 Å². The van der Waals surface area contributed by atoms with Crippen LogP contribution in [0.3, 0.4) is 0 Å². The van der Waals surface area contributed by atoms with E-state index in [4.69, 9.17) is 13.3 Å². The van der Waals surface area contributed by atoms with Crippen LogP contribution in [0.25, 0.3) is 0 Å². The van der Waals surface area contributed by atoms with E-state index < -0.39 is 50.2 Å². The second-order valence-corrected chi connectivity index (χ2v) is 9.95. The van der Waals surface area contributed by atoms with Crippen molar-refractivity contribution in [2.24, 2.45) is 0 Å². The summed E-state index contributed by atoms with van der Waals surface area (Å²) in [6.45, 7) is 0. The lowest BCUT2D eigenvalue weighted by Crippen LogP contribution is -2.69. The average molecular weight is 544 g/mol. The lowest BCUT2D eigenvalue weighted by molar-refractivity contribution is -0.441. The van der Waals surface area contributed by atoms with Gasteiger partial charge in [-0.3, -0.25) is 0 Å². The molecule has 0 N–H and O–H groups in total. The Balaban J connectivity index is 3.32. The standard InChI is InChI=1S/C17H17F13O3Si/c1-31-34(32-2,33-3)9-8-10-4-6-11(7-5-10)12(18,19)13(20,21)14(22,23)15(24,25)16(26,27)17(28,29)30/h4-7H,8-9H2,1-3H3. The Kier molecular flexibility index (Phi) is 8.47. The van der Waals surface area contributed by atoms with E-state index >= 15 is 0 Å². The molecule has 0 heterocycles. The first kappa shape index (κ1) is 30.4. The zero-order valence-corrected chi connectivity index (χ0v) is 18.4. The fraction of sp³-hybridized carbons (Fsp3) is 0.647. The summed E-state index contributed by atoms with van der Waals surface area (Å²) >= 11 is 0. The van der Waals surface area contributed by atoms with Crippen LogP contribution in [-0.2, 0) is 25.6 Å². The molecule has 0 atom stereocenters. The zero-order chi connectivity index (χ0) is 27.0. The predicted molar refractivity (Wildman–Crippen MR) is 91.5 cm³/mol. The van der Waals surface area contributed by atoms with Crippen LogP contribution in [0.2, 0.25) is 6.04 Å². The molecule has 0 spiro atoms. The molecule has 1 rings (SSSR count). The van der Waals surface area contributed by atoms with Crippen molar-refractivity contribution in [2.75, 3.05) is 21.3 Å². The number of benzene rings is 1. The van der Waals surface area contributed by atoms with Gasteiger partial charge in [-0.1, -0.05) is 24.3 Å². The van der Waals surface area contributed by atoms with Crippen LogP contribution in [0.15, 0.2) is 24.3 Å². The molecule has 0 saturated carbocycles. The summed E-state index contributed by atoms with van der Waals surface area (Å²) in [4.78, 5) is 0. The highest BCUT2D eigenvalue weighted by molar-refractivity contribution is 6.60. The smallest absolute Gasteiger partial charge is 0.377 e. The van der Waals surface area contributed by atoms with Crippen molar-refractivity contribution in [1.82, 2.24) is 0 Å². The van der Waals surface area contributed by atoms with Crippen molar-refractivity contribution in [3.63, 3.8) is 0 Å². The van der Waals surface area contributed by atoms with Gasteiger partial charge in [0.2, 0.25) is 0 Å². The minimum absolute atomic E-state index is 0.0270. The van der Waals surface area contributed by atoms with E-state index in [2.05, 4.69) is 0 Å². The SMILES string of the molecule is CO[Si](CCc1ccc(C(F)(F)C(F)(F)C(F)(F)C(F)(F)C(F)(F)C(F)(F)F)cc1)(OC)OC. The summed E-state index contributed by atoms with van der Waals surface area (Å²) in [5.74, 6) is -37.2. The maximum absolute atomic E-state index is 14.2. The lowest BCUT2D eigenvalue weighted by Gasteiger charge is -2.39. The van der Waals surface area contributed by atoms with E-state index in [1.54, 1.807) is 0 Å². The molecule has 0 aromatic heterocycles. The predicted octanol–water partition coefficient (Wildman–Crippen LogP) is 6.30. The number of hydrogen-bond donors (Lipinski definition) is 0. The maximum Gasteiger partial charge on any atom is 0.500 e. The van der Waals surface area contributed by atoms with Gasteiger partial charge in [0.05, 0.1) is 0 Å². The Labute approximate surface area is 185 Å². The lowest BCUT2D eigenvalue weighted by atomic mass is 9.90. The number of rotatable bonds is 11. The first-order chi connectivity index (χ1) is 15.1. The number of halogens is 13. The van der Waals surface area contributed by atoms with Crippen molar-refractivity contribution >= 4 is 8.80 Å². The van der Waals surface area contributed by atoms with E-state index in [1.807, 2.05) is 0 Å². The molecule has 0 unspecified atom stereocenters. The summed E-state index contributed by atoms with van der Waals surface area (Å²) in [6.07, 6.45) is -7.49. The van der Waals surface area contributed by atoms with E-state index in [1.165, 1.54) is 21.3 Å². The second-order valence-electron chi connectivity index (χ2n) is 6.86. The molecule has 0 aliphatic rings. The van der Waals surface area contributed by atoms with Gasteiger partial charge in [0, 0.05) is 32.9 Å². The molecule has 1 aromatic carbocycles. The Morgan fingerprint density at radius 3 is 1.32 bits per heavy atom. The average Bonchev–Trinajstić information content (AvgIpc) is 2.74. The Bertz CT molecular complexity index is 813. The van der Waals surface area contributed by atoms with Crippen molar-refractivity contribution < 1.29 is 70.4 Å². The molecule has 3 nitrogen and oxygen atoms in total. The summed E-state index contributed by atoms with van der Waals surface area (Å²) in [6, 6.07) is 1.63. The van der Waals surface area contributed by atoms with Gasteiger partial charge in [-0.25, -0.2) is 0 Å². The molecule has 1 aromatic rings. The highest BCUT2D eigenvalue weighted by Crippen LogP contribution is 2.62. The number of hydrogen-bond acceptors (Lipinski definition) is 3. The highest BCUT2D eigenvalue weighted by Gasteiger charge is 2.90. The largest absolute Gasteiger partial charge is 0.500 e. The monoisotopic (exact) mass is 544 g/mol. The zero-order valence-electron chi connectivity index (χ0n) is 17.4. The van der Waals surface area contributed by atoms with Gasteiger partial charge < -0.3 is 13.3 Å². The molecule has 0 aliphatic carbocycles. The molecule has 0 saturated heterocycles. The van der Waals surface area contributed by atoms with E-state index in [9.17, 15) is 57.1 Å². The Morgan fingerprint density at radius 1 is 0.588 bits per heavy atom. The quantitative estimate of drug-likeness (QED) is 0.242. The normalized spacial score (nSPS) is 15.1. The maximum atomic E-state index is 14.2. The van der Waals surface area contributed by atoms with Crippen LogP contribution in [-0.4, -0.2) is 60.0 Å². The first-order valence-corrected chi connectivity index (χ1v) is 10.8. The molecule has 0 amide bonds. The third kappa shape index (κ3) is 4.75. The van der Waals surface area contributed by atoms with Crippen LogP contribution < -0.4 is 0 Å². The van der Waals surface area contributed by atoms with Gasteiger partial charge in [0.1, 0.15) is 0 Å². The van der Waals surface area contributed by atoms with Crippen molar-refractivity contribution in [1.29, 1.82) is 0 Å². The van der Waals surface area contributed by atoms with Crippen LogP contribution in [0.5, 0.6) is 0 Å². The van der Waals surface area contributed by atoms with Crippen molar-refractivity contribution in [3.8, 4) is 0 Å². The van der Waals surface area contributed by atoms with Gasteiger partial charge in [-0.05, 0) is 12.0 Å². The third-order valence-corrected chi connectivity index (χ3v) is 7.63. The van der Waals surface area contributed by atoms with Gasteiger partial charge in [-0.15, -0.1) is 0 Å². The van der Waals surface area contributed by atoms with Crippen molar-refractivity contribution in [3.05, 3.63) is 35.4 Å². The molecule has 34 heavy (non-hydrogen) atoms. The molecule has 0 aliphatic heterocycles. The molecule has 0 radical (unpaired) electrons. The number of aryl methyl sites for hydroxylation is 1. The fourth-order valence-electron chi connectivity index (χ4n) is 2.69. The van der Waals surface area contributed by atoms with Gasteiger partial charge in [0.15, 0.2) is 0 Å². The van der Waals surface area contributed by atoms with Crippen LogP contribution >= 0.6 is 0 Å². The van der Waals surface area contributed by atoms with E-state index in [0.29, 0.717) is 12.1 Å². The van der Waals surface area contributed by atoms with Gasteiger partial charge in [0.25, 0.3) is 0 Å². The summed E-state index contributed by atoms with van der Waals surface area (Å²) in [7, 11) is 0.545. The molecule has 17 heteroatoms. The minimum atomic E-state index is -7.93. The Hall–Kier alpha value is -1.59. The minimum Gasteiger partial charge on any atom is -0.377 e. The summed E-state index contributed by atoms with van der Waals surface area (Å²) in [5, 5.41) is 0. The van der Waals surface area contributed by atoms with E-state index in [0.717, 1.165) is 0 Å². The second kappa shape index (κ2) is 9.46. The molecule has 0 bridgehead atoms. The van der Waals surface area contributed by atoms with Crippen LogP contribution in [0.4, 0.5) is 57.1 Å². The topological polar surface area (TPSA) is 27.7 Å². The van der Waals surface area contributed by atoms with Gasteiger partial charge >= 0.3 is 44.6 Å². The fourth-order valence-corrected chi connectivity index (χ4v) is 4.39. The van der Waals surface area contributed by atoms with Crippen LogP contribution in [0.1, 0.15) is 11.1 Å². The van der Waals surface area contributed by atoms with E-state index in [-0.39, 0.29) is 30.2 Å².